The fourth-order valence-electron chi connectivity index (χ4n) is 6.63. The lowest BCUT2D eigenvalue weighted by atomic mass is 9.72. The van der Waals surface area contributed by atoms with Crippen LogP contribution in [0, 0.1) is 0 Å². The first kappa shape index (κ1) is 23.4. The van der Waals surface area contributed by atoms with E-state index in [1.54, 1.807) is 0 Å². The summed E-state index contributed by atoms with van der Waals surface area (Å²) in [6, 6.07) is 10.6. The fraction of sp³-hybridized carbons (Fsp3) is 0.643. The van der Waals surface area contributed by atoms with Crippen molar-refractivity contribution in [3.05, 3.63) is 42.5 Å². The van der Waals surface area contributed by atoms with E-state index < -0.39 is 17.8 Å². The molecule has 3 aliphatic heterocycles. The van der Waals surface area contributed by atoms with Gasteiger partial charge in [-0.15, -0.1) is 0 Å². The zero-order valence-electron chi connectivity index (χ0n) is 20.3. The summed E-state index contributed by atoms with van der Waals surface area (Å²) in [5, 5.41) is 0. The summed E-state index contributed by atoms with van der Waals surface area (Å²) in [6.45, 7) is 2.06. The van der Waals surface area contributed by atoms with Crippen LogP contribution in [0.4, 0.5) is 5.69 Å². The Kier molecular flexibility index (Phi) is 6.96. The minimum atomic E-state index is -1.35. The molecule has 0 aromatic heterocycles. The third-order valence-corrected chi connectivity index (χ3v) is 8.33. The Morgan fingerprint density at radius 1 is 0.735 bits per heavy atom. The van der Waals surface area contributed by atoms with E-state index in [0.29, 0.717) is 12.5 Å². The number of hydrogen-bond donors (Lipinski definition) is 0. The lowest BCUT2D eigenvalue weighted by molar-refractivity contribution is -0.267. The Labute approximate surface area is 203 Å². The molecule has 34 heavy (non-hydrogen) atoms. The summed E-state index contributed by atoms with van der Waals surface area (Å²) >= 11 is 0. The van der Waals surface area contributed by atoms with E-state index >= 15 is 0 Å². The van der Waals surface area contributed by atoms with Gasteiger partial charge < -0.3 is 14.4 Å². The van der Waals surface area contributed by atoms with Gasteiger partial charge in [0.15, 0.2) is 0 Å². The van der Waals surface area contributed by atoms with Crippen LogP contribution in [0.1, 0.15) is 83.5 Å². The molecule has 2 saturated heterocycles. The molecule has 1 aliphatic carbocycles. The van der Waals surface area contributed by atoms with Crippen molar-refractivity contribution in [1.82, 2.24) is 4.90 Å². The highest BCUT2D eigenvalue weighted by molar-refractivity contribution is 5.94. The van der Waals surface area contributed by atoms with Crippen molar-refractivity contribution in [2.75, 3.05) is 18.0 Å². The van der Waals surface area contributed by atoms with Gasteiger partial charge in [-0.05, 0) is 37.8 Å². The number of ether oxygens (including phenoxy) is 2. The number of anilines is 1. The molecule has 0 radical (unpaired) electrons. The van der Waals surface area contributed by atoms with E-state index in [-0.39, 0.29) is 5.54 Å². The molecule has 3 heterocycles. The Morgan fingerprint density at radius 3 is 1.82 bits per heavy atom. The molecule has 3 fully saturated rings. The molecule has 0 atom stereocenters. The van der Waals surface area contributed by atoms with Crippen LogP contribution >= 0.6 is 0 Å². The van der Waals surface area contributed by atoms with Crippen molar-refractivity contribution >= 4 is 17.6 Å². The van der Waals surface area contributed by atoms with Crippen molar-refractivity contribution in [1.29, 1.82) is 0 Å². The van der Waals surface area contributed by atoms with Gasteiger partial charge >= 0.3 is 17.8 Å². The van der Waals surface area contributed by atoms with Gasteiger partial charge in [-0.25, -0.2) is 9.59 Å². The van der Waals surface area contributed by atoms with Crippen molar-refractivity contribution in [2.24, 2.45) is 0 Å². The molecule has 0 N–H and O–H groups in total. The molecule has 4 aliphatic rings. The molecule has 1 aromatic carbocycles. The maximum absolute atomic E-state index is 12.3. The summed E-state index contributed by atoms with van der Waals surface area (Å²) in [7, 11) is 0. The molecule has 5 rings (SSSR count). The second kappa shape index (κ2) is 10.1. The minimum absolute atomic E-state index is 0.170. The predicted molar refractivity (Wildman–Crippen MR) is 131 cm³/mol. The number of carbonyl (C=O) groups excluding carboxylic acids is 2. The first-order chi connectivity index (χ1) is 16.6. The highest BCUT2D eigenvalue weighted by Gasteiger charge is 2.67. The van der Waals surface area contributed by atoms with Gasteiger partial charge in [0.1, 0.15) is 0 Å². The van der Waals surface area contributed by atoms with Crippen molar-refractivity contribution in [3.8, 4) is 0 Å². The number of para-hydroxylation sites is 1. The van der Waals surface area contributed by atoms with Gasteiger partial charge in [-0.1, -0.05) is 69.6 Å². The maximum Gasteiger partial charge on any atom is 0.345 e. The molecule has 0 amide bonds. The quantitative estimate of drug-likeness (QED) is 0.550. The van der Waals surface area contributed by atoms with E-state index in [1.165, 1.54) is 64.2 Å². The lowest BCUT2D eigenvalue weighted by Crippen LogP contribution is -2.78. The van der Waals surface area contributed by atoms with Crippen LogP contribution in [0.25, 0.3) is 0 Å². The highest BCUT2D eigenvalue weighted by Crippen LogP contribution is 2.55. The molecular formula is C28H38N2O4. The zero-order chi connectivity index (χ0) is 23.4. The number of esters is 2. The normalized spacial score (nSPS) is 26.3. The van der Waals surface area contributed by atoms with Crippen molar-refractivity contribution in [2.45, 2.75) is 101 Å². The van der Waals surface area contributed by atoms with E-state index in [0.717, 1.165) is 43.8 Å². The monoisotopic (exact) mass is 466 g/mol. The second-order valence-corrected chi connectivity index (χ2v) is 10.6. The Bertz CT molecular complexity index is 859. The van der Waals surface area contributed by atoms with E-state index in [9.17, 15) is 9.59 Å². The van der Waals surface area contributed by atoms with Gasteiger partial charge in [0.25, 0.3) is 0 Å². The fourth-order valence-corrected chi connectivity index (χ4v) is 6.63. The SMILES string of the molecule is O=C1C=CC(=O)OC2(CC3(CCN(C4CCCCCCCCCC4)CC3)N2c2ccccc2)O1. The van der Waals surface area contributed by atoms with E-state index in [4.69, 9.17) is 9.47 Å². The molecular weight excluding hydrogens is 428 g/mol. The van der Waals surface area contributed by atoms with Gasteiger partial charge in [0, 0.05) is 37.0 Å². The molecule has 0 unspecified atom stereocenters. The van der Waals surface area contributed by atoms with Crippen LogP contribution in [-0.4, -0.2) is 47.4 Å². The number of rotatable bonds is 2. The first-order valence-corrected chi connectivity index (χ1v) is 13.3. The number of nitrogens with zero attached hydrogens (tertiary/aromatic N) is 2. The van der Waals surface area contributed by atoms with Gasteiger partial charge in [-0.2, -0.15) is 0 Å². The van der Waals surface area contributed by atoms with Crippen LogP contribution in [0.15, 0.2) is 42.5 Å². The standard InChI is InChI=1S/C28H38N2O4/c31-25-16-17-26(32)34-28(33-25)22-27(30(28)24-14-10-7-11-15-24)18-20-29(21-19-27)23-12-8-5-3-1-2-4-6-9-13-23/h7,10-11,14-17,23H,1-6,8-9,12-13,18-22H2. The van der Waals surface area contributed by atoms with E-state index in [1.807, 2.05) is 30.3 Å². The average Bonchev–Trinajstić information content (AvgIpc) is 3.01. The summed E-state index contributed by atoms with van der Waals surface area (Å²) < 4.78 is 11.5. The number of likely N-dealkylation sites (tertiary alicyclic amines) is 1. The Hall–Kier alpha value is -2.34. The number of benzene rings is 1. The summed E-state index contributed by atoms with van der Waals surface area (Å²) in [6.07, 6.45) is 18.4. The van der Waals surface area contributed by atoms with Gasteiger partial charge in [0.05, 0.1) is 12.0 Å². The number of piperidine rings is 1. The molecule has 0 bridgehead atoms. The lowest BCUT2D eigenvalue weighted by Gasteiger charge is -2.65. The van der Waals surface area contributed by atoms with Gasteiger partial charge in [0.2, 0.25) is 0 Å². The molecule has 6 nitrogen and oxygen atoms in total. The van der Waals surface area contributed by atoms with Crippen LogP contribution in [-0.2, 0) is 19.1 Å². The van der Waals surface area contributed by atoms with E-state index in [2.05, 4.69) is 9.80 Å². The van der Waals surface area contributed by atoms with Crippen LogP contribution in [0.5, 0.6) is 0 Å². The smallest absolute Gasteiger partial charge is 0.345 e. The minimum Gasteiger partial charge on any atom is -0.400 e. The molecule has 2 spiro atoms. The average molecular weight is 467 g/mol. The summed E-state index contributed by atoms with van der Waals surface area (Å²) in [5.41, 5.74) is 0.760. The zero-order valence-corrected chi connectivity index (χ0v) is 20.3. The molecule has 1 saturated carbocycles. The van der Waals surface area contributed by atoms with Crippen molar-refractivity contribution in [3.63, 3.8) is 0 Å². The first-order valence-electron chi connectivity index (χ1n) is 13.3. The largest absolute Gasteiger partial charge is 0.400 e. The number of hydrogen-bond acceptors (Lipinski definition) is 6. The third kappa shape index (κ3) is 4.74. The Balaban J connectivity index is 1.32. The third-order valence-electron chi connectivity index (χ3n) is 8.33. The second-order valence-electron chi connectivity index (χ2n) is 10.6. The van der Waals surface area contributed by atoms with Crippen LogP contribution < -0.4 is 4.90 Å². The van der Waals surface area contributed by atoms with Crippen molar-refractivity contribution < 1.29 is 19.1 Å². The Morgan fingerprint density at radius 2 is 1.26 bits per heavy atom. The molecule has 1 aromatic rings. The number of carbonyl (C=O) groups is 2. The summed E-state index contributed by atoms with van der Waals surface area (Å²) in [5.74, 6) is -2.41. The maximum atomic E-state index is 12.3. The van der Waals surface area contributed by atoms with Crippen LogP contribution in [0.3, 0.4) is 0 Å². The predicted octanol–water partition coefficient (Wildman–Crippen LogP) is 5.32. The topological polar surface area (TPSA) is 59.1 Å². The molecule has 184 valence electrons. The van der Waals surface area contributed by atoms with Crippen LogP contribution in [0.2, 0.25) is 0 Å². The molecule has 6 heteroatoms. The van der Waals surface area contributed by atoms with Gasteiger partial charge in [-0.3, -0.25) is 4.90 Å². The summed E-state index contributed by atoms with van der Waals surface area (Å²) in [4.78, 5) is 29.4. The highest BCUT2D eigenvalue weighted by atomic mass is 16.8.